The van der Waals surface area contributed by atoms with E-state index in [-0.39, 0.29) is 18.1 Å². The van der Waals surface area contributed by atoms with Crippen molar-refractivity contribution in [2.24, 2.45) is 5.92 Å². The Bertz CT molecular complexity index is 245. The average molecular weight is 257 g/mol. The number of hydrogen-bond acceptors (Lipinski definition) is 4. The van der Waals surface area contributed by atoms with Gasteiger partial charge in [-0.15, -0.1) is 0 Å². The zero-order valence-electron chi connectivity index (χ0n) is 11.9. The highest BCUT2D eigenvalue weighted by Crippen LogP contribution is 2.15. The minimum Gasteiger partial charge on any atom is -0.464 e. The Morgan fingerprint density at radius 3 is 2.78 bits per heavy atom. The molecule has 1 heterocycles. The van der Waals surface area contributed by atoms with Crippen molar-refractivity contribution < 1.29 is 14.3 Å². The highest BCUT2D eigenvalue weighted by Gasteiger charge is 2.30. The predicted octanol–water partition coefficient (Wildman–Crippen LogP) is 2.12. The molecular formula is C14H27NO3. The predicted molar refractivity (Wildman–Crippen MR) is 71.5 cm³/mol. The molecule has 0 aromatic carbocycles. The largest absolute Gasteiger partial charge is 0.464 e. The first-order chi connectivity index (χ1) is 8.71. The van der Waals surface area contributed by atoms with Crippen molar-refractivity contribution in [3.63, 3.8) is 0 Å². The van der Waals surface area contributed by atoms with Gasteiger partial charge in [0.25, 0.3) is 0 Å². The van der Waals surface area contributed by atoms with E-state index >= 15 is 0 Å². The zero-order chi connectivity index (χ0) is 13.4. The van der Waals surface area contributed by atoms with Crippen LogP contribution in [0.2, 0.25) is 0 Å². The minimum atomic E-state index is -0.182. The molecule has 0 radical (unpaired) electrons. The summed E-state index contributed by atoms with van der Waals surface area (Å²) < 4.78 is 10.6. The third kappa shape index (κ3) is 4.94. The quantitative estimate of drug-likeness (QED) is 0.677. The smallest absolute Gasteiger partial charge is 0.323 e. The molecule has 18 heavy (non-hydrogen) atoms. The number of unbranched alkanes of at least 4 members (excludes halogenated alkanes) is 1. The number of esters is 1. The monoisotopic (exact) mass is 257 g/mol. The van der Waals surface area contributed by atoms with Crippen molar-refractivity contribution in [2.45, 2.75) is 58.1 Å². The molecule has 0 aromatic rings. The van der Waals surface area contributed by atoms with Crippen LogP contribution in [0.1, 0.15) is 46.0 Å². The Morgan fingerprint density at radius 2 is 2.22 bits per heavy atom. The van der Waals surface area contributed by atoms with Crippen molar-refractivity contribution in [3.05, 3.63) is 0 Å². The Balaban J connectivity index is 2.23. The molecule has 1 aliphatic heterocycles. The SMILES string of the molecule is CCCCC(CC)COC(=O)C1CC(OC)CN1. The molecule has 4 heteroatoms. The van der Waals surface area contributed by atoms with Gasteiger partial charge in [-0.05, 0) is 12.3 Å². The van der Waals surface area contributed by atoms with Crippen LogP contribution in [0.25, 0.3) is 0 Å². The van der Waals surface area contributed by atoms with Crippen LogP contribution < -0.4 is 5.32 Å². The molecule has 0 aromatic heterocycles. The molecule has 3 unspecified atom stereocenters. The lowest BCUT2D eigenvalue weighted by atomic mass is 10.0. The second kappa shape index (κ2) is 8.48. The van der Waals surface area contributed by atoms with E-state index in [1.54, 1.807) is 7.11 Å². The maximum absolute atomic E-state index is 11.9. The van der Waals surface area contributed by atoms with Crippen molar-refractivity contribution in [1.29, 1.82) is 0 Å². The highest BCUT2D eigenvalue weighted by molar-refractivity contribution is 5.76. The molecule has 0 aliphatic carbocycles. The molecule has 0 bridgehead atoms. The molecule has 106 valence electrons. The molecule has 0 amide bonds. The summed E-state index contributed by atoms with van der Waals surface area (Å²) in [7, 11) is 1.68. The molecule has 1 fully saturated rings. The number of carbonyl (C=O) groups excluding carboxylic acids is 1. The number of rotatable bonds is 8. The van der Waals surface area contributed by atoms with Gasteiger partial charge in [0.1, 0.15) is 6.04 Å². The highest BCUT2D eigenvalue weighted by atomic mass is 16.5. The van der Waals surface area contributed by atoms with E-state index < -0.39 is 0 Å². The summed E-state index contributed by atoms with van der Waals surface area (Å²) >= 11 is 0. The molecular weight excluding hydrogens is 230 g/mol. The number of methoxy groups -OCH3 is 1. The Morgan fingerprint density at radius 1 is 1.44 bits per heavy atom. The number of ether oxygens (including phenoxy) is 2. The van der Waals surface area contributed by atoms with Crippen LogP contribution in [0.5, 0.6) is 0 Å². The van der Waals surface area contributed by atoms with Crippen molar-refractivity contribution in [3.8, 4) is 0 Å². The van der Waals surface area contributed by atoms with E-state index in [1.807, 2.05) is 0 Å². The molecule has 1 saturated heterocycles. The second-order valence-corrected chi connectivity index (χ2v) is 5.10. The summed E-state index contributed by atoms with van der Waals surface area (Å²) in [6.45, 7) is 5.64. The summed E-state index contributed by atoms with van der Waals surface area (Å²) in [4.78, 5) is 11.9. The summed E-state index contributed by atoms with van der Waals surface area (Å²) in [6, 6.07) is -0.182. The van der Waals surface area contributed by atoms with E-state index in [0.29, 0.717) is 12.5 Å². The fraction of sp³-hybridized carbons (Fsp3) is 0.929. The van der Waals surface area contributed by atoms with Gasteiger partial charge in [0, 0.05) is 20.1 Å². The number of carbonyl (C=O) groups is 1. The van der Waals surface area contributed by atoms with Crippen LogP contribution >= 0.6 is 0 Å². The molecule has 1 rings (SSSR count). The van der Waals surface area contributed by atoms with Gasteiger partial charge in [-0.25, -0.2) is 0 Å². The molecule has 3 atom stereocenters. The maximum Gasteiger partial charge on any atom is 0.323 e. The van der Waals surface area contributed by atoms with E-state index in [2.05, 4.69) is 19.2 Å². The van der Waals surface area contributed by atoms with Crippen molar-refractivity contribution in [1.82, 2.24) is 5.32 Å². The third-order valence-electron chi connectivity index (χ3n) is 3.71. The van der Waals surface area contributed by atoms with Crippen LogP contribution in [0.3, 0.4) is 0 Å². The van der Waals surface area contributed by atoms with E-state index in [9.17, 15) is 4.79 Å². The first-order valence-electron chi connectivity index (χ1n) is 7.14. The van der Waals surface area contributed by atoms with E-state index in [4.69, 9.17) is 9.47 Å². The fourth-order valence-corrected chi connectivity index (χ4v) is 2.26. The van der Waals surface area contributed by atoms with Crippen LogP contribution in [-0.2, 0) is 14.3 Å². The van der Waals surface area contributed by atoms with Crippen molar-refractivity contribution in [2.75, 3.05) is 20.3 Å². The number of nitrogens with one attached hydrogen (secondary N) is 1. The van der Waals surface area contributed by atoms with E-state index in [0.717, 1.165) is 25.8 Å². The van der Waals surface area contributed by atoms with Gasteiger partial charge in [-0.2, -0.15) is 0 Å². The number of hydrogen-bond donors (Lipinski definition) is 1. The molecule has 4 nitrogen and oxygen atoms in total. The maximum atomic E-state index is 11.9. The van der Waals surface area contributed by atoms with Crippen molar-refractivity contribution >= 4 is 5.97 Å². The molecule has 0 saturated carbocycles. The van der Waals surface area contributed by atoms with Gasteiger partial charge in [-0.1, -0.05) is 33.1 Å². The van der Waals surface area contributed by atoms with E-state index in [1.165, 1.54) is 12.8 Å². The fourth-order valence-electron chi connectivity index (χ4n) is 2.26. The van der Waals surface area contributed by atoms with Crippen LogP contribution in [0.15, 0.2) is 0 Å². The Kier molecular flexibility index (Phi) is 7.28. The van der Waals surface area contributed by atoms with Gasteiger partial charge in [0.2, 0.25) is 0 Å². The zero-order valence-corrected chi connectivity index (χ0v) is 11.9. The lowest BCUT2D eigenvalue weighted by molar-refractivity contribution is -0.147. The lowest BCUT2D eigenvalue weighted by Gasteiger charge is -2.16. The standard InChI is InChI=1S/C14H27NO3/c1-4-6-7-11(5-2)10-18-14(16)13-8-12(17-3)9-15-13/h11-13,15H,4-10H2,1-3H3. The summed E-state index contributed by atoms with van der Waals surface area (Å²) in [6.07, 6.45) is 5.50. The summed E-state index contributed by atoms with van der Waals surface area (Å²) in [5.74, 6) is 0.387. The lowest BCUT2D eigenvalue weighted by Crippen LogP contribution is -2.33. The van der Waals surface area contributed by atoms with Crippen LogP contribution in [-0.4, -0.2) is 38.4 Å². The summed E-state index contributed by atoms with van der Waals surface area (Å²) in [5, 5.41) is 3.14. The summed E-state index contributed by atoms with van der Waals surface area (Å²) in [5.41, 5.74) is 0. The van der Waals surface area contributed by atoms with Gasteiger partial charge in [0.15, 0.2) is 0 Å². The van der Waals surface area contributed by atoms with Crippen LogP contribution in [0, 0.1) is 5.92 Å². The van der Waals surface area contributed by atoms with Crippen LogP contribution in [0.4, 0.5) is 0 Å². The molecule has 0 spiro atoms. The Hall–Kier alpha value is -0.610. The first kappa shape index (κ1) is 15.4. The third-order valence-corrected chi connectivity index (χ3v) is 3.71. The van der Waals surface area contributed by atoms with Gasteiger partial charge in [0.05, 0.1) is 12.7 Å². The average Bonchev–Trinajstić information content (AvgIpc) is 2.87. The topological polar surface area (TPSA) is 47.6 Å². The van der Waals surface area contributed by atoms with Gasteiger partial charge < -0.3 is 14.8 Å². The molecule has 1 N–H and O–H groups in total. The van der Waals surface area contributed by atoms with Gasteiger partial charge >= 0.3 is 5.97 Å². The first-order valence-corrected chi connectivity index (χ1v) is 7.14. The second-order valence-electron chi connectivity index (χ2n) is 5.10. The minimum absolute atomic E-state index is 0.121. The van der Waals surface area contributed by atoms with Gasteiger partial charge in [-0.3, -0.25) is 4.79 Å². The normalized spacial score (nSPS) is 25.1. The molecule has 1 aliphatic rings. The Labute approximate surface area is 110 Å².